The molecule has 0 aliphatic rings. The van der Waals surface area contributed by atoms with Gasteiger partial charge in [0.15, 0.2) is 10.4 Å². The first-order chi connectivity index (χ1) is 9.47. The van der Waals surface area contributed by atoms with Crippen molar-refractivity contribution in [2.45, 2.75) is 13.8 Å². The summed E-state index contributed by atoms with van der Waals surface area (Å²) in [6, 6.07) is 6.20. The predicted octanol–water partition coefficient (Wildman–Crippen LogP) is 5.22. The Balaban J connectivity index is 2.41. The van der Waals surface area contributed by atoms with Gasteiger partial charge in [-0.15, -0.1) is 0 Å². The fourth-order valence-corrected chi connectivity index (χ4v) is 3.84. The van der Waals surface area contributed by atoms with Gasteiger partial charge in [-0.05, 0) is 81.2 Å². The van der Waals surface area contributed by atoms with Gasteiger partial charge in [0.2, 0.25) is 0 Å². The highest BCUT2D eigenvalue weighted by Crippen LogP contribution is 2.29. The van der Waals surface area contributed by atoms with E-state index in [2.05, 4.69) is 67.8 Å². The Morgan fingerprint density at radius 3 is 2.65 bits per heavy atom. The van der Waals surface area contributed by atoms with Crippen LogP contribution >= 0.6 is 44.1 Å². The number of H-pyrrole nitrogens is 1. The van der Waals surface area contributed by atoms with Crippen molar-refractivity contribution in [2.75, 3.05) is 0 Å². The number of aromatic amines is 1. The number of nitrogens with one attached hydrogen (secondary N) is 1. The summed E-state index contributed by atoms with van der Waals surface area (Å²) in [6.07, 6.45) is 1.78. The second-order valence-electron chi connectivity index (χ2n) is 4.70. The molecule has 3 rings (SSSR count). The first-order valence-electron chi connectivity index (χ1n) is 6.01. The lowest BCUT2D eigenvalue weighted by atomic mass is 10.1. The SMILES string of the molecule is Cc1cc(C)c(-n2c(=S)[nH]c3cc(Br)cnc32)c(Br)c1. The minimum atomic E-state index is 0.637. The van der Waals surface area contributed by atoms with Crippen LogP contribution in [0, 0.1) is 18.6 Å². The lowest BCUT2D eigenvalue weighted by Crippen LogP contribution is -2.00. The van der Waals surface area contributed by atoms with Gasteiger partial charge in [0.25, 0.3) is 0 Å². The normalized spacial score (nSPS) is 11.2. The van der Waals surface area contributed by atoms with E-state index in [0.717, 1.165) is 31.4 Å². The second kappa shape index (κ2) is 5.09. The molecule has 0 amide bonds. The molecule has 3 nitrogen and oxygen atoms in total. The number of hydrogen-bond donors (Lipinski definition) is 1. The zero-order valence-corrected chi connectivity index (χ0v) is 14.9. The zero-order chi connectivity index (χ0) is 14.4. The molecule has 0 atom stereocenters. The monoisotopic (exact) mass is 411 g/mol. The second-order valence-corrected chi connectivity index (χ2v) is 6.86. The van der Waals surface area contributed by atoms with Crippen LogP contribution in [-0.4, -0.2) is 14.5 Å². The van der Waals surface area contributed by atoms with Gasteiger partial charge >= 0.3 is 0 Å². The topological polar surface area (TPSA) is 33.6 Å². The van der Waals surface area contributed by atoms with Crippen LogP contribution < -0.4 is 0 Å². The zero-order valence-electron chi connectivity index (χ0n) is 10.9. The Kier molecular flexibility index (Phi) is 3.56. The third-order valence-corrected chi connectivity index (χ3v) is 4.43. The number of benzene rings is 1. The maximum absolute atomic E-state index is 5.46. The molecule has 0 bridgehead atoms. The fraction of sp³-hybridized carbons (Fsp3) is 0.143. The first kappa shape index (κ1) is 14.0. The molecule has 6 heteroatoms. The Hall–Kier alpha value is -0.980. The number of aromatic nitrogens is 3. The standard InChI is InChI=1S/C14H11Br2N3S/c1-7-3-8(2)12(10(16)4-7)19-13-11(18-14(19)20)5-9(15)6-17-13/h3-6H,1-2H3,(H,18,20). The van der Waals surface area contributed by atoms with Crippen LogP contribution in [0.3, 0.4) is 0 Å². The molecule has 0 saturated heterocycles. The van der Waals surface area contributed by atoms with Gasteiger partial charge in [0.1, 0.15) is 0 Å². The molecule has 20 heavy (non-hydrogen) atoms. The number of pyridine rings is 1. The van der Waals surface area contributed by atoms with Crippen LogP contribution in [0.2, 0.25) is 0 Å². The maximum atomic E-state index is 5.46. The van der Waals surface area contributed by atoms with Crippen molar-refractivity contribution in [3.05, 3.63) is 49.2 Å². The Bertz CT molecular complexity index is 857. The van der Waals surface area contributed by atoms with E-state index in [0.29, 0.717) is 4.77 Å². The van der Waals surface area contributed by atoms with Gasteiger partial charge in [0.05, 0.1) is 11.2 Å². The van der Waals surface area contributed by atoms with Crippen molar-refractivity contribution in [1.29, 1.82) is 0 Å². The van der Waals surface area contributed by atoms with Gasteiger partial charge < -0.3 is 4.98 Å². The fourth-order valence-electron chi connectivity index (χ4n) is 2.37. The number of aryl methyl sites for hydroxylation is 2. The quantitative estimate of drug-likeness (QED) is 0.555. The highest BCUT2D eigenvalue weighted by molar-refractivity contribution is 9.10. The molecular formula is C14H11Br2N3S. The number of nitrogens with zero attached hydrogens (tertiary/aromatic N) is 2. The van der Waals surface area contributed by atoms with Crippen molar-refractivity contribution in [2.24, 2.45) is 0 Å². The summed E-state index contributed by atoms with van der Waals surface area (Å²) in [5.74, 6) is 0. The van der Waals surface area contributed by atoms with E-state index >= 15 is 0 Å². The first-order valence-corrected chi connectivity index (χ1v) is 8.00. The number of imidazole rings is 1. The van der Waals surface area contributed by atoms with Gasteiger partial charge in [-0.25, -0.2) is 4.98 Å². The maximum Gasteiger partial charge on any atom is 0.184 e. The highest BCUT2D eigenvalue weighted by atomic mass is 79.9. The minimum absolute atomic E-state index is 0.637. The molecule has 0 spiro atoms. The molecule has 3 aromatic rings. The van der Waals surface area contributed by atoms with Crippen molar-refractivity contribution >= 4 is 55.2 Å². The lowest BCUT2D eigenvalue weighted by molar-refractivity contribution is 1.02. The lowest BCUT2D eigenvalue weighted by Gasteiger charge is -2.11. The summed E-state index contributed by atoms with van der Waals surface area (Å²) in [6.45, 7) is 4.15. The van der Waals surface area contributed by atoms with Crippen molar-refractivity contribution in [3.63, 3.8) is 0 Å². The van der Waals surface area contributed by atoms with Crippen molar-refractivity contribution in [1.82, 2.24) is 14.5 Å². The predicted molar refractivity (Wildman–Crippen MR) is 91.1 cm³/mol. The molecule has 0 unspecified atom stereocenters. The van der Waals surface area contributed by atoms with Crippen LogP contribution in [0.15, 0.2) is 33.3 Å². The van der Waals surface area contributed by atoms with E-state index in [1.165, 1.54) is 5.56 Å². The van der Waals surface area contributed by atoms with Gasteiger partial charge in [-0.3, -0.25) is 4.57 Å². The average Bonchev–Trinajstić information content (AvgIpc) is 2.64. The summed E-state index contributed by atoms with van der Waals surface area (Å²) in [5.41, 5.74) is 5.13. The van der Waals surface area contributed by atoms with Crippen LogP contribution in [0.25, 0.3) is 16.9 Å². The number of halogens is 2. The van der Waals surface area contributed by atoms with E-state index in [1.807, 2.05) is 10.6 Å². The Morgan fingerprint density at radius 2 is 1.95 bits per heavy atom. The van der Waals surface area contributed by atoms with Crippen molar-refractivity contribution in [3.8, 4) is 5.69 Å². The van der Waals surface area contributed by atoms with Crippen molar-refractivity contribution < 1.29 is 0 Å². The smallest absolute Gasteiger partial charge is 0.184 e. The van der Waals surface area contributed by atoms with E-state index in [9.17, 15) is 0 Å². The largest absolute Gasteiger partial charge is 0.329 e. The number of fused-ring (bicyclic) bond motifs is 1. The molecule has 102 valence electrons. The summed E-state index contributed by atoms with van der Waals surface area (Å²) in [4.78, 5) is 7.68. The average molecular weight is 413 g/mol. The number of rotatable bonds is 1. The molecule has 0 saturated carbocycles. The Morgan fingerprint density at radius 1 is 1.20 bits per heavy atom. The molecule has 2 aromatic heterocycles. The van der Waals surface area contributed by atoms with Gasteiger partial charge in [-0.1, -0.05) is 6.07 Å². The number of hydrogen-bond acceptors (Lipinski definition) is 2. The highest BCUT2D eigenvalue weighted by Gasteiger charge is 2.13. The van der Waals surface area contributed by atoms with E-state index in [1.54, 1.807) is 6.20 Å². The summed E-state index contributed by atoms with van der Waals surface area (Å²) in [7, 11) is 0. The van der Waals surface area contributed by atoms with E-state index in [4.69, 9.17) is 12.2 Å². The Labute approximate surface area is 138 Å². The third kappa shape index (κ3) is 2.25. The van der Waals surface area contributed by atoms with Crippen LogP contribution in [-0.2, 0) is 0 Å². The molecule has 0 aliphatic heterocycles. The molecule has 1 aromatic carbocycles. The summed E-state index contributed by atoms with van der Waals surface area (Å²) >= 11 is 12.5. The van der Waals surface area contributed by atoms with E-state index in [-0.39, 0.29) is 0 Å². The van der Waals surface area contributed by atoms with Crippen LogP contribution in [0.1, 0.15) is 11.1 Å². The van der Waals surface area contributed by atoms with Gasteiger partial charge in [-0.2, -0.15) is 0 Å². The van der Waals surface area contributed by atoms with E-state index < -0.39 is 0 Å². The molecule has 0 radical (unpaired) electrons. The molecule has 2 heterocycles. The minimum Gasteiger partial charge on any atom is -0.329 e. The molecule has 1 N–H and O–H groups in total. The van der Waals surface area contributed by atoms with Crippen LogP contribution in [0.4, 0.5) is 0 Å². The molecule has 0 aliphatic carbocycles. The molecule has 0 fully saturated rings. The molecular weight excluding hydrogens is 402 g/mol. The van der Waals surface area contributed by atoms with Gasteiger partial charge in [0, 0.05) is 15.1 Å². The summed E-state index contributed by atoms with van der Waals surface area (Å²) in [5, 5.41) is 0. The van der Waals surface area contributed by atoms with Crippen LogP contribution in [0.5, 0.6) is 0 Å². The third-order valence-electron chi connectivity index (χ3n) is 3.11. The summed E-state index contributed by atoms with van der Waals surface area (Å²) < 4.78 is 4.54.